The number of aromatic nitrogens is 1. The molecule has 6 heteroatoms. The van der Waals surface area contributed by atoms with Gasteiger partial charge in [0.1, 0.15) is 0 Å². The average molecular weight is 350 g/mol. The zero-order valence-corrected chi connectivity index (χ0v) is 14.9. The molecule has 0 saturated heterocycles. The van der Waals surface area contributed by atoms with E-state index in [-0.39, 0.29) is 0 Å². The Balaban J connectivity index is 1.87. The number of hydrogen-bond acceptors (Lipinski definition) is 3. The molecule has 0 saturated carbocycles. The van der Waals surface area contributed by atoms with Gasteiger partial charge in [0.15, 0.2) is 0 Å². The molecule has 0 radical (unpaired) electrons. The number of hydrogen-bond donors (Lipinski definition) is 3. The van der Waals surface area contributed by atoms with E-state index in [1.54, 1.807) is 0 Å². The highest BCUT2D eigenvalue weighted by Crippen LogP contribution is 2.34. The number of nitrogens with zero attached hydrogens (tertiary/aromatic N) is 1. The van der Waals surface area contributed by atoms with E-state index < -0.39 is 11.8 Å². The minimum atomic E-state index is -0.675. The number of carbonyl (C=O) groups excluding carboxylic acids is 2. The number of fused-ring (bicyclic) bond motifs is 1. The summed E-state index contributed by atoms with van der Waals surface area (Å²) in [5.74, 6) is -1.32. The molecule has 3 N–H and O–H groups in total. The molecular formula is C20H22N4O2. The number of rotatable bonds is 5. The van der Waals surface area contributed by atoms with Crippen molar-refractivity contribution in [1.29, 1.82) is 0 Å². The van der Waals surface area contributed by atoms with Crippen LogP contribution in [-0.2, 0) is 9.59 Å². The quantitative estimate of drug-likeness (QED) is 0.619. The molecule has 1 heterocycles. The molecule has 0 unspecified atom stereocenters. The van der Waals surface area contributed by atoms with Crippen LogP contribution in [0.5, 0.6) is 0 Å². The number of amides is 2. The summed E-state index contributed by atoms with van der Waals surface area (Å²) in [6.07, 6.45) is 0. The molecule has 0 aliphatic heterocycles. The molecule has 2 aromatic carbocycles. The van der Waals surface area contributed by atoms with Crippen molar-refractivity contribution in [3.63, 3.8) is 0 Å². The molecule has 0 atom stereocenters. The van der Waals surface area contributed by atoms with Crippen LogP contribution in [0, 0.1) is 0 Å². The van der Waals surface area contributed by atoms with Crippen molar-refractivity contribution in [2.75, 3.05) is 32.5 Å². The summed E-state index contributed by atoms with van der Waals surface area (Å²) in [5.41, 5.74) is 3.22. The Labute approximate surface area is 152 Å². The summed E-state index contributed by atoms with van der Waals surface area (Å²) >= 11 is 0. The number of H-pyrrole nitrogens is 1. The first-order valence-electron chi connectivity index (χ1n) is 8.46. The summed E-state index contributed by atoms with van der Waals surface area (Å²) < 4.78 is 0. The second-order valence-electron chi connectivity index (χ2n) is 6.30. The van der Waals surface area contributed by atoms with Gasteiger partial charge in [-0.1, -0.05) is 48.5 Å². The van der Waals surface area contributed by atoms with E-state index in [0.717, 1.165) is 22.2 Å². The molecule has 1 aromatic heterocycles. The van der Waals surface area contributed by atoms with E-state index in [0.29, 0.717) is 18.8 Å². The van der Waals surface area contributed by atoms with Gasteiger partial charge in [0, 0.05) is 29.6 Å². The van der Waals surface area contributed by atoms with E-state index in [2.05, 4.69) is 15.6 Å². The summed E-state index contributed by atoms with van der Waals surface area (Å²) in [7, 11) is 3.81. The van der Waals surface area contributed by atoms with Gasteiger partial charge in [-0.25, -0.2) is 0 Å². The topological polar surface area (TPSA) is 77.2 Å². The first kappa shape index (κ1) is 17.7. The molecule has 0 aliphatic rings. The third kappa shape index (κ3) is 3.92. The van der Waals surface area contributed by atoms with Gasteiger partial charge in [0.2, 0.25) is 0 Å². The number of likely N-dealkylation sites (N-methyl/N-ethyl adjacent to an activating group) is 1. The van der Waals surface area contributed by atoms with Gasteiger partial charge in [-0.05, 0) is 20.2 Å². The fraction of sp³-hybridized carbons (Fsp3) is 0.200. The van der Waals surface area contributed by atoms with Crippen molar-refractivity contribution in [3.05, 3.63) is 54.6 Å². The Kier molecular flexibility index (Phi) is 5.34. The van der Waals surface area contributed by atoms with Crippen molar-refractivity contribution >= 4 is 28.4 Å². The van der Waals surface area contributed by atoms with Crippen LogP contribution in [0.25, 0.3) is 22.2 Å². The van der Waals surface area contributed by atoms with Crippen LogP contribution in [0.3, 0.4) is 0 Å². The number of para-hydroxylation sites is 1. The SMILES string of the molecule is CN(C)CCNC(=O)C(=O)Nc1c(-c2ccccc2)[nH]c2ccccc12. The van der Waals surface area contributed by atoms with Crippen molar-refractivity contribution < 1.29 is 9.59 Å². The predicted molar refractivity (Wildman–Crippen MR) is 104 cm³/mol. The summed E-state index contributed by atoms with van der Waals surface area (Å²) in [6.45, 7) is 1.08. The van der Waals surface area contributed by atoms with Crippen LogP contribution in [-0.4, -0.2) is 48.9 Å². The summed E-state index contributed by atoms with van der Waals surface area (Å²) in [6, 6.07) is 17.4. The smallest absolute Gasteiger partial charge is 0.313 e. The first-order valence-corrected chi connectivity index (χ1v) is 8.46. The van der Waals surface area contributed by atoms with Crippen LogP contribution in [0.2, 0.25) is 0 Å². The Morgan fingerprint density at radius 2 is 1.65 bits per heavy atom. The molecule has 3 rings (SSSR count). The minimum Gasteiger partial charge on any atom is -0.353 e. The second-order valence-corrected chi connectivity index (χ2v) is 6.30. The minimum absolute atomic E-state index is 0.415. The highest BCUT2D eigenvalue weighted by molar-refractivity contribution is 6.40. The van der Waals surface area contributed by atoms with Crippen LogP contribution < -0.4 is 10.6 Å². The standard InChI is InChI=1S/C20H22N4O2/c1-24(2)13-12-21-19(25)20(26)23-18-15-10-6-7-11-16(15)22-17(18)14-8-4-3-5-9-14/h3-11,22H,12-13H2,1-2H3,(H,21,25)(H,23,26). The zero-order chi connectivity index (χ0) is 18.5. The normalized spacial score (nSPS) is 10.9. The first-order chi connectivity index (χ1) is 12.6. The van der Waals surface area contributed by atoms with Crippen molar-refractivity contribution in [2.24, 2.45) is 0 Å². The fourth-order valence-electron chi connectivity index (χ4n) is 2.74. The van der Waals surface area contributed by atoms with E-state index in [1.165, 1.54) is 0 Å². The Bertz CT molecular complexity index is 916. The van der Waals surface area contributed by atoms with E-state index in [9.17, 15) is 9.59 Å². The van der Waals surface area contributed by atoms with E-state index >= 15 is 0 Å². The average Bonchev–Trinajstić information content (AvgIpc) is 3.00. The molecule has 134 valence electrons. The van der Waals surface area contributed by atoms with Crippen molar-refractivity contribution in [1.82, 2.24) is 15.2 Å². The fourth-order valence-corrected chi connectivity index (χ4v) is 2.74. The largest absolute Gasteiger partial charge is 0.353 e. The number of carbonyl (C=O) groups is 2. The molecule has 2 amide bonds. The van der Waals surface area contributed by atoms with Crippen molar-refractivity contribution in [3.8, 4) is 11.3 Å². The second kappa shape index (κ2) is 7.84. The van der Waals surface area contributed by atoms with Gasteiger partial charge < -0.3 is 20.5 Å². The maximum Gasteiger partial charge on any atom is 0.313 e. The van der Waals surface area contributed by atoms with Crippen LogP contribution >= 0.6 is 0 Å². The maximum absolute atomic E-state index is 12.4. The number of benzene rings is 2. The van der Waals surface area contributed by atoms with Gasteiger partial charge >= 0.3 is 11.8 Å². The summed E-state index contributed by atoms with van der Waals surface area (Å²) in [4.78, 5) is 29.7. The van der Waals surface area contributed by atoms with Crippen molar-refractivity contribution in [2.45, 2.75) is 0 Å². The highest BCUT2D eigenvalue weighted by Gasteiger charge is 2.19. The number of aromatic amines is 1. The molecule has 0 fully saturated rings. The third-order valence-corrected chi connectivity index (χ3v) is 4.06. The van der Waals surface area contributed by atoms with E-state index in [4.69, 9.17) is 0 Å². The van der Waals surface area contributed by atoms with Gasteiger partial charge in [-0.15, -0.1) is 0 Å². The predicted octanol–water partition coefficient (Wildman–Crippen LogP) is 2.45. The monoisotopic (exact) mass is 350 g/mol. The zero-order valence-electron chi connectivity index (χ0n) is 14.9. The number of nitrogens with one attached hydrogen (secondary N) is 3. The molecule has 0 bridgehead atoms. The molecule has 6 nitrogen and oxygen atoms in total. The Morgan fingerprint density at radius 3 is 2.38 bits per heavy atom. The van der Waals surface area contributed by atoms with Gasteiger partial charge in [-0.3, -0.25) is 9.59 Å². The Hall–Kier alpha value is -3.12. The number of anilines is 1. The lowest BCUT2D eigenvalue weighted by Crippen LogP contribution is -2.38. The molecular weight excluding hydrogens is 328 g/mol. The highest BCUT2D eigenvalue weighted by atomic mass is 16.2. The molecule has 0 spiro atoms. The lowest BCUT2D eigenvalue weighted by molar-refractivity contribution is -0.136. The van der Waals surface area contributed by atoms with Crippen LogP contribution in [0.1, 0.15) is 0 Å². The third-order valence-electron chi connectivity index (χ3n) is 4.06. The molecule has 0 aliphatic carbocycles. The molecule has 26 heavy (non-hydrogen) atoms. The van der Waals surface area contributed by atoms with E-state index in [1.807, 2.05) is 73.6 Å². The lowest BCUT2D eigenvalue weighted by atomic mass is 10.1. The van der Waals surface area contributed by atoms with Gasteiger partial charge in [0.05, 0.1) is 11.4 Å². The Morgan fingerprint density at radius 1 is 0.962 bits per heavy atom. The van der Waals surface area contributed by atoms with Gasteiger partial charge in [-0.2, -0.15) is 0 Å². The van der Waals surface area contributed by atoms with Crippen LogP contribution in [0.4, 0.5) is 5.69 Å². The summed E-state index contributed by atoms with van der Waals surface area (Å²) in [5, 5.41) is 6.27. The maximum atomic E-state index is 12.4. The lowest BCUT2D eigenvalue weighted by Gasteiger charge is -2.11. The van der Waals surface area contributed by atoms with Gasteiger partial charge in [0.25, 0.3) is 0 Å². The van der Waals surface area contributed by atoms with Crippen LogP contribution in [0.15, 0.2) is 54.6 Å². The molecule has 3 aromatic rings.